The van der Waals surface area contributed by atoms with Crippen LogP contribution in [0.1, 0.15) is 5.56 Å². The van der Waals surface area contributed by atoms with Gasteiger partial charge in [-0.15, -0.1) is 0 Å². The van der Waals surface area contributed by atoms with Gasteiger partial charge in [-0.1, -0.05) is 47.1 Å². The van der Waals surface area contributed by atoms with Crippen LogP contribution in [0.2, 0.25) is 5.02 Å². The second-order valence-corrected chi connectivity index (χ2v) is 5.10. The Morgan fingerprint density at radius 2 is 1.81 bits per heavy atom. The van der Waals surface area contributed by atoms with Crippen molar-refractivity contribution in [3.05, 3.63) is 58.9 Å². The average Bonchev–Trinajstić information content (AvgIpc) is 2.84. The van der Waals surface area contributed by atoms with Crippen LogP contribution >= 0.6 is 11.6 Å². The van der Waals surface area contributed by atoms with Crippen molar-refractivity contribution in [2.45, 2.75) is 6.92 Å². The predicted octanol–water partition coefficient (Wildman–Crippen LogP) is 4.69. The number of aromatic nitrogens is 1. The van der Waals surface area contributed by atoms with E-state index in [1.807, 2.05) is 12.1 Å². The number of halogens is 2. The van der Waals surface area contributed by atoms with Gasteiger partial charge in [0.25, 0.3) is 0 Å². The van der Waals surface area contributed by atoms with Gasteiger partial charge in [-0.3, -0.25) is 0 Å². The maximum Gasteiger partial charge on any atom is 0.179 e. The zero-order valence-electron chi connectivity index (χ0n) is 11.2. The van der Waals surface area contributed by atoms with Crippen molar-refractivity contribution in [1.82, 2.24) is 5.16 Å². The van der Waals surface area contributed by atoms with Gasteiger partial charge in [0.2, 0.25) is 0 Å². The van der Waals surface area contributed by atoms with Crippen LogP contribution in [0.15, 0.2) is 47.0 Å². The summed E-state index contributed by atoms with van der Waals surface area (Å²) in [5.41, 5.74) is 7.88. The zero-order chi connectivity index (χ0) is 15.0. The highest BCUT2D eigenvalue weighted by atomic mass is 35.5. The molecule has 0 aliphatic carbocycles. The summed E-state index contributed by atoms with van der Waals surface area (Å²) in [6.07, 6.45) is 0. The third kappa shape index (κ3) is 2.28. The van der Waals surface area contributed by atoms with Crippen LogP contribution in [0, 0.1) is 12.7 Å². The summed E-state index contributed by atoms with van der Waals surface area (Å²) in [4.78, 5) is 0. The Labute approximate surface area is 126 Å². The van der Waals surface area contributed by atoms with E-state index >= 15 is 0 Å². The van der Waals surface area contributed by atoms with Crippen molar-refractivity contribution in [2.24, 2.45) is 0 Å². The van der Waals surface area contributed by atoms with Crippen LogP contribution < -0.4 is 5.73 Å². The first kappa shape index (κ1) is 13.6. The summed E-state index contributed by atoms with van der Waals surface area (Å²) < 4.78 is 19.6. The Bertz CT molecular complexity index is 814. The maximum atomic E-state index is 14.3. The summed E-state index contributed by atoms with van der Waals surface area (Å²) in [5.74, 6) is 0.0998. The Morgan fingerprint density at radius 3 is 2.57 bits per heavy atom. The van der Waals surface area contributed by atoms with Crippen LogP contribution in [0.4, 0.5) is 10.2 Å². The van der Waals surface area contributed by atoms with Crippen molar-refractivity contribution in [1.29, 1.82) is 0 Å². The number of aryl methyl sites for hydroxylation is 1. The second-order valence-electron chi connectivity index (χ2n) is 4.69. The minimum atomic E-state index is -0.359. The molecule has 0 atom stereocenters. The lowest BCUT2D eigenvalue weighted by Crippen LogP contribution is -1.92. The number of rotatable bonds is 2. The summed E-state index contributed by atoms with van der Waals surface area (Å²) >= 11 is 6.20. The molecule has 0 unspecified atom stereocenters. The van der Waals surface area contributed by atoms with E-state index in [0.29, 0.717) is 27.3 Å². The first-order valence-corrected chi connectivity index (χ1v) is 6.73. The zero-order valence-corrected chi connectivity index (χ0v) is 12.0. The summed E-state index contributed by atoms with van der Waals surface area (Å²) in [5, 5.41) is 4.26. The molecule has 0 amide bonds. The van der Waals surface area contributed by atoms with Gasteiger partial charge in [0.05, 0.1) is 11.1 Å². The van der Waals surface area contributed by atoms with Crippen molar-refractivity contribution < 1.29 is 8.91 Å². The highest BCUT2D eigenvalue weighted by molar-refractivity contribution is 6.33. The van der Waals surface area contributed by atoms with Crippen LogP contribution in [0.5, 0.6) is 0 Å². The molecule has 3 rings (SSSR count). The number of benzene rings is 2. The minimum absolute atomic E-state index is 0.180. The highest BCUT2D eigenvalue weighted by Gasteiger charge is 2.22. The number of anilines is 1. The Balaban J connectivity index is 2.28. The Kier molecular flexibility index (Phi) is 3.39. The van der Waals surface area contributed by atoms with E-state index in [2.05, 4.69) is 5.16 Å². The smallest absolute Gasteiger partial charge is 0.179 e. The van der Waals surface area contributed by atoms with E-state index in [-0.39, 0.29) is 17.4 Å². The normalized spacial score (nSPS) is 10.8. The van der Waals surface area contributed by atoms with Gasteiger partial charge in [-0.05, 0) is 24.6 Å². The van der Waals surface area contributed by atoms with Crippen LogP contribution in [-0.2, 0) is 0 Å². The van der Waals surface area contributed by atoms with Gasteiger partial charge in [-0.2, -0.15) is 0 Å². The Hall–Kier alpha value is -2.33. The van der Waals surface area contributed by atoms with Gasteiger partial charge in [0.1, 0.15) is 5.82 Å². The van der Waals surface area contributed by atoms with Gasteiger partial charge < -0.3 is 10.3 Å². The summed E-state index contributed by atoms with van der Waals surface area (Å²) in [6.45, 7) is 1.69. The lowest BCUT2D eigenvalue weighted by molar-refractivity contribution is 0.433. The van der Waals surface area contributed by atoms with Crippen molar-refractivity contribution >= 4 is 17.4 Å². The highest BCUT2D eigenvalue weighted by Crippen LogP contribution is 2.40. The third-order valence-electron chi connectivity index (χ3n) is 3.30. The average molecular weight is 303 g/mol. The number of nitrogens with zero attached hydrogens (tertiary/aromatic N) is 1. The monoisotopic (exact) mass is 302 g/mol. The Morgan fingerprint density at radius 1 is 1.10 bits per heavy atom. The number of nitrogen functional groups attached to an aromatic ring is 1. The topological polar surface area (TPSA) is 52.0 Å². The first-order valence-electron chi connectivity index (χ1n) is 6.35. The molecule has 0 radical (unpaired) electrons. The molecule has 0 bridgehead atoms. The van der Waals surface area contributed by atoms with Crippen LogP contribution in [0.3, 0.4) is 0 Å². The number of hydrogen-bond acceptors (Lipinski definition) is 3. The van der Waals surface area contributed by atoms with E-state index in [4.69, 9.17) is 21.9 Å². The summed E-state index contributed by atoms with van der Waals surface area (Å²) in [6, 6.07) is 12.2. The molecule has 0 aliphatic heterocycles. The molecule has 0 saturated carbocycles. The molecule has 21 heavy (non-hydrogen) atoms. The fourth-order valence-electron chi connectivity index (χ4n) is 2.23. The van der Waals surface area contributed by atoms with E-state index in [0.717, 1.165) is 0 Å². The van der Waals surface area contributed by atoms with E-state index in [1.165, 1.54) is 0 Å². The fraction of sp³-hybridized carbons (Fsp3) is 0.0625. The second kappa shape index (κ2) is 5.22. The molecule has 0 spiro atoms. The molecule has 0 aliphatic rings. The third-order valence-corrected chi connectivity index (χ3v) is 3.63. The van der Waals surface area contributed by atoms with Crippen molar-refractivity contribution in [2.75, 3.05) is 5.73 Å². The molecule has 1 aromatic heterocycles. The molecule has 0 fully saturated rings. The quantitative estimate of drug-likeness (QED) is 0.747. The molecule has 0 saturated heterocycles. The lowest BCUT2D eigenvalue weighted by Gasteiger charge is -2.07. The molecule has 106 valence electrons. The number of nitrogens with two attached hydrogens (primary N) is 1. The van der Waals surface area contributed by atoms with Gasteiger partial charge in [0, 0.05) is 10.6 Å². The maximum absolute atomic E-state index is 14.3. The van der Waals surface area contributed by atoms with Gasteiger partial charge >= 0.3 is 0 Å². The predicted molar refractivity (Wildman–Crippen MR) is 81.5 cm³/mol. The lowest BCUT2D eigenvalue weighted by atomic mass is 10.00. The molecule has 3 nitrogen and oxygen atoms in total. The van der Waals surface area contributed by atoms with Gasteiger partial charge in [0.15, 0.2) is 11.6 Å². The molecule has 3 aromatic rings. The molecular formula is C16H12ClFN2O. The van der Waals surface area contributed by atoms with E-state index in [9.17, 15) is 4.39 Å². The van der Waals surface area contributed by atoms with Crippen molar-refractivity contribution in [3.63, 3.8) is 0 Å². The molecular weight excluding hydrogens is 291 g/mol. The van der Waals surface area contributed by atoms with E-state index in [1.54, 1.807) is 37.3 Å². The fourth-order valence-corrected chi connectivity index (χ4v) is 2.46. The molecule has 2 aromatic carbocycles. The molecule has 1 heterocycles. The van der Waals surface area contributed by atoms with Crippen LogP contribution in [-0.4, -0.2) is 5.16 Å². The van der Waals surface area contributed by atoms with E-state index < -0.39 is 0 Å². The SMILES string of the molecule is Cc1cccc(-c2onc(N)c2-c2ccccc2Cl)c1F. The summed E-state index contributed by atoms with van der Waals surface area (Å²) in [7, 11) is 0. The number of hydrogen-bond donors (Lipinski definition) is 1. The molecule has 5 heteroatoms. The van der Waals surface area contributed by atoms with Gasteiger partial charge in [-0.25, -0.2) is 4.39 Å². The molecule has 2 N–H and O–H groups in total. The first-order chi connectivity index (χ1) is 10.1. The standard InChI is InChI=1S/C16H12ClFN2O/c1-9-5-4-7-11(14(9)18)15-13(16(19)20-21-15)10-6-2-3-8-12(10)17/h2-8H,1H3,(H2,19,20). The van der Waals surface area contributed by atoms with Crippen LogP contribution in [0.25, 0.3) is 22.5 Å². The van der Waals surface area contributed by atoms with Crippen molar-refractivity contribution in [3.8, 4) is 22.5 Å². The largest absolute Gasteiger partial charge is 0.380 e. The minimum Gasteiger partial charge on any atom is -0.380 e.